The molecule has 144 valence electrons. The fourth-order valence-corrected chi connectivity index (χ4v) is 3.39. The summed E-state index contributed by atoms with van der Waals surface area (Å²) >= 11 is 6.01. The van der Waals surface area contributed by atoms with Crippen molar-refractivity contribution in [3.05, 3.63) is 101 Å². The topological polar surface area (TPSA) is 30.9 Å². The van der Waals surface area contributed by atoms with Crippen LogP contribution in [0.15, 0.2) is 84.9 Å². The van der Waals surface area contributed by atoms with E-state index in [0.29, 0.717) is 30.3 Å². The molecule has 4 nitrogen and oxygen atoms in total. The largest absolute Gasteiger partial charge is 0.458 e. The highest BCUT2D eigenvalue weighted by molar-refractivity contribution is 6.30. The third kappa shape index (κ3) is 4.54. The molecule has 4 rings (SSSR count). The number of halogens is 1. The standard InChI is InChI=1S/C23H22ClNO3/c24-21-11-13-22(14-12-21)28-23(20-9-5-2-6-10-20)15-16-25(27-18-26-23)17-19-7-3-1-4-8-19/h1-14H,15-18H2. The van der Waals surface area contributed by atoms with Crippen LogP contribution in [0.5, 0.6) is 5.75 Å². The summed E-state index contributed by atoms with van der Waals surface area (Å²) in [5, 5.41) is 2.59. The Morgan fingerprint density at radius 2 is 1.57 bits per heavy atom. The molecule has 0 saturated carbocycles. The molecule has 0 bridgehead atoms. The van der Waals surface area contributed by atoms with Gasteiger partial charge in [0.25, 0.3) is 0 Å². The van der Waals surface area contributed by atoms with Gasteiger partial charge in [-0.2, -0.15) is 5.06 Å². The van der Waals surface area contributed by atoms with Crippen molar-refractivity contribution < 1.29 is 14.3 Å². The van der Waals surface area contributed by atoms with Crippen molar-refractivity contribution in [3.8, 4) is 5.75 Å². The third-order valence-electron chi connectivity index (χ3n) is 4.73. The van der Waals surface area contributed by atoms with Gasteiger partial charge in [-0.25, -0.2) is 0 Å². The number of ether oxygens (including phenoxy) is 2. The van der Waals surface area contributed by atoms with Crippen LogP contribution in [0.4, 0.5) is 0 Å². The number of benzene rings is 3. The number of hydrogen-bond donors (Lipinski definition) is 0. The van der Waals surface area contributed by atoms with Crippen molar-refractivity contribution in [2.45, 2.75) is 18.8 Å². The van der Waals surface area contributed by atoms with Crippen LogP contribution in [0, 0.1) is 0 Å². The average molecular weight is 396 g/mol. The van der Waals surface area contributed by atoms with E-state index in [9.17, 15) is 0 Å². The summed E-state index contributed by atoms with van der Waals surface area (Å²) in [6.07, 6.45) is 0.618. The predicted molar refractivity (Wildman–Crippen MR) is 109 cm³/mol. The van der Waals surface area contributed by atoms with Crippen molar-refractivity contribution in [3.63, 3.8) is 0 Å². The molecule has 1 unspecified atom stereocenters. The van der Waals surface area contributed by atoms with Crippen LogP contribution in [-0.2, 0) is 21.9 Å². The molecule has 0 spiro atoms. The van der Waals surface area contributed by atoms with Gasteiger partial charge < -0.3 is 9.47 Å². The fraction of sp³-hybridized carbons (Fsp3) is 0.217. The van der Waals surface area contributed by atoms with Gasteiger partial charge in [0, 0.05) is 30.1 Å². The van der Waals surface area contributed by atoms with Gasteiger partial charge in [-0.15, -0.1) is 0 Å². The Hall–Kier alpha value is -2.37. The van der Waals surface area contributed by atoms with E-state index in [4.69, 9.17) is 25.9 Å². The second-order valence-electron chi connectivity index (χ2n) is 6.67. The zero-order valence-corrected chi connectivity index (χ0v) is 16.2. The van der Waals surface area contributed by atoms with Crippen molar-refractivity contribution in [2.75, 3.05) is 13.3 Å². The van der Waals surface area contributed by atoms with Crippen LogP contribution in [0.25, 0.3) is 0 Å². The van der Waals surface area contributed by atoms with E-state index in [1.807, 2.05) is 77.9 Å². The Bertz CT molecular complexity index is 873. The lowest BCUT2D eigenvalue weighted by molar-refractivity contribution is -0.268. The Kier molecular flexibility index (Phi) is 5.93. The highest BCUT2D eigenvalue weighted by Gasteiger charge is 2.38. The first-order valence-corrected chi connectivity index (χ1v) is 9.67. The Labute approximate surface area is 170 Å². The predicted octanol–water partition coefficient (Wildman–Crippen LogP) is 5.38. The first-order chi connectivity index (χ1) is 13.7. The van der Waals surface area contributed by atoms with Crippen molar-refractivity contribution >= 4 is 11.6 Å². The molecule has 0 N–H and O–H groups in total. The summed E-state index contributed by atoms with van der Waals surface area (Å²) in [6, 6.07) is 27.5. The van der Waals surface area contributed by atoms with E-state index in [1.165, 1.54) is 5.56 Å². The van der Waals surface area contributed by atoms with Gasteiger partial charge in [0.05, 0.1) is 0 Å². The molecule has 3 aromatic carbocycles. The summed E-state index contributed by atoms with van der Waals surface area (Å²) in [6.45, 7) is 1.46. The van der Waals surface area contributed by atoms with Crippen LogP contribution < -0.4 is 4.74 Å². The van der Waals surface area contributed by atoms with Gasteiger partial charge in [-0.05, 0) is 29.8 Å². The van der Waals surface area contributed by atoms with Crippen molar-refractivity contribution in [1.82, 2.24) is 5.06 Å². The molecule has 1 atom stereocenters. The van der Waals surface area contributed by atoms with Gasteiger partial charge in [0.15, 0.2) is 6.79 Å². The average Bonchev–Trinajstić information content (AvgIpc) is 2.94. The molecule has 1 aliphatic rings. The Morgan fingerprint density at radius 1 is 0.893 bits per heavy atom. The molecular formula is C23H22ClNO3. The SMILES string of the molecule is Clc1ccc(OC2(c3ccccc3)CCN(Cc3ccccc3)OCO2)cc1. The minimum atomic E-state index is -0.930. The maximum atomic E-state index is 6.37. The van der Waals surface area contributed by atoms with Gasteiger partial charge in [0.1, 0.15) is 5.75 Å². The van der Waals surface area contributed by atoms with Gasteiger partial charge in [-0.3, -0.25) is 4.84 Å². The zero-order chi connectivity index (χ0) is 19.2. The molecule has 5 heteroatoms. The Balaban J connectivity index is 1.56. The molecule has 0 aromatic heterocycles. The molecule has 1 aliphatic heterocycles. The summed E-state index contributed by atoms with van der Waals surface area (Å²) in [7, 11) is 0. The van der Waals surface area contributed by atoms with Crippen LogP contribution in [0.1, 0.15) is 17.5 Å². The van der Waals surface area contributed by atoms with Crippen LogP contribution in [0.2, 0.25) is 5.02 Å². The monoisotopic (exact) mass is 395 g/mol. The van der Waals surface area contributed by atoms with Crippen molar-refractivity contribution in [1.29, 1.82) is 0 Å². The first-order valence-electron chi connectivity index (χ1n) is 9.29. The maximum Gasteiger partial charge on any atom is 0.240 e. The van der Waals surface area contributed by atoms with Crippen LogP contribution in [0.3, 0.4) is 0 Å². The second kappa shape index (κ2) is 8.76. The lowest BCUT2D eigenvalue weighted by atomic mass is 10.0. The first kappa shape index (κ1) is 19.0. The summed E-state index contributed by atoms with van der Waals surface area (Å²) in [4.78, 5) is 5.85. The lowest BCUT2D eigenvalue weighted by Crippen LogP contribution is -2.37. The van der Waals surface area contributed by atoms with E-state index in [1.54, 1.807) is 0 Å². The lowest BCUT2D eigenvalue weighted by Gasteiger charge is -2.32. The van der Waals surface area contributed by atoms with Crippen LogP contribution >= 0.6 is 11.6 Å². The molecule has 1 saturated heterocycles. The zero-order valence-electron chi connectivity index (χ0n) is 15.5. The minimum absolute atomic E-state index is 0.106. The molecule has 1 heterocycles. The summed E-state index contributed by atoms with van der Waals surface area (Å²) in [5.41, 5.74) is 2.14. The van der Waals surface area contributed by atoms with E-state index >= 15 is 0 Å². The number of hydrogen-bond acceptors (Lipinski definition) is 4. The quantitative estimate of drug-likeness (QED) is 0.580. The minimum Gasteiger partial charge on any atom is -0.458 e. The fourth-order valence-electron chi connectivity index (χ4n) is 3.27. The van der Waals surface area contributed by atoms with E-state index in [0.717, 1.165) is 5.56 Å². The van der Waals surface area contributed by atoms with Crippen molar-refractivity contribution in [2.24, 2.45) is 0 Å². The second-order valence-corrected chi connectivity index (χ2v) is 7.10. The van der Waals surface area contributed by atoms with E-state index < -0.39 is 5.79 Å². The summed E-state index contributed by atoms with van der Waals surface area (Å²) < 4.78 is 12.5. The van der Waals surface area contributed by atoms with Crippen LogP contribution in [-0.4, -0.2) is 18.4 Å². The molecule has 1 fully saturated rings. The van der Waals surface area contributed by atoms with E-state index in [-0.39, 0.29) is 6.79 Å². The molecule has 0 amide bonds. The number of rotatable bonds is 5. The van der Waals surface area contributed by atoms with Gasteiger partial charge in [-0.1, -0.05) is 72.3 Å². The normalized spacial score (nSPS) is 20.5. The van der Waals surface area contributed by atoms with Gasteiger partial charge in [0.2, 0.25) is 5.79 Å². The number of nitrogens with zero attached hydrogens (tertiary/aromatic N) is 1. The smallest absolute Gasteiger partial charge is 0.240 e. The highest BCUT2D eigenvalue weighted by atomic mass is 35.5. The molecule has 28 heavy (non-hydrogen) atoms. The molecule has 0 radical (unpaired) electrons. The molecule has 0 aliphatic carbocycles. The number of hydroxylamine groups is 2. The van der Waals surface area contributed by atoms with Gasteiger partial charge >= 0.3 is 0 Å². The third-order valence-corrected chi connectivity index (χ3v) is 4.98. The summed E-state index contributed by atoms with van der Waals surface area (Å²) in [5.74, 6) is -0.231. The molecular weight excluding hydrogens is 374 g/mol. The molecule has 3 aromatic rings. The Morgan fingerprint density at radius 3 is 2.29 bits per heavy atom. The highest BCUT2D eigenvalue weighted by Crippen LogP contribution is 2.35. The van der Waals surface area contributed by atoms with E-state index in [2.05, 4.69) is 12.1 Å². The maximum absolute atomic E-state index is 6.37.